The Labute approximate surface area is 155 Å². The molecule has 26 heavy (non-hydrogen) atoms. The molecule has 0 saturated carbocycles. The van der Waals surface area contributed by atoms with Crippen LogP contribution in [0, 0.1) is 5.92 Å². The number of carbonyl (C=O) groups is 1. The third kappa shape index (κ3) is 4.33. The first-order valence-electron chi connectivity index (χ1n) is 9.02. The molecule has 0 radical (unpaired) electrons. The van der Waals surface area contributed by atoms with E-state index in [-0.39, 0.29) is 29.4 Å². The third-order valence-electron chi connectivity index (χ3n) is 4.72. The zero-order valence-corrected chi connectivity index (χ0v) is 16.1. The van der Waals surface area contributed by atoms with Crippen molar-refractivity contribution in [2.45, 2.75) is 26.3 Å². The van der Waals surface area contributed by atoms with E-state index in [1.165, 1.54) is 0 Å². The molecule has 2 aromatic carbocycles. The van der Waals surface area contributed by atoms with Crippen LogP contribution in [0.25, 0.3) is 16.8 Å². The van der Waals surface area contributed by atoms with Crippen LogP contribution >= 0.6 is 0 Å². The van der Waals surface area contributed by atoms with Crippen LogP contribution < -0.4 is 0 Å². The van der Waals surface area contributed by atoms with Crippen molar-refractivity contribution in [1.82, 2.24) is 4.90 Å². The number of hydrogen-bond donors (Lipinski definition) is 0. The van der Waals surface area contributed by atoms with E-state index in [2.05, 4.69) is 0 Å². The lowest BCUT2D eigenvalue weighted by molar-refractivity contribution is -0.128. The largest absolute Gasteiger partial charge is 0.335 e. The molecule has 1 fully saturated rings. The number of fused-ring (bicyclic) bond motifs is 1. The second-order valence-electron chi connectivity index (χ2n) is 7.34. The maximum Gasteiger partial charge on any atom is 0.246 e. The lowest BCUT2D eigenvalue weighted by Crippen LogP contribution is -2.42. The summed E-state index contributed by atoms with van der Waals surface area (Å²) in [7, 11) is -3.02. The van der Waals surface area contributed by atoms with Crippen LogP contribution in [-0.2, 0) is 14.6 Å². The van der Waals surface area contributed by atoms with Crippen LogP contribution in [0.5, 0.6) is 0 Å². The molecule has 0 aliphatic carbocycles. The van der Waals surface area contributed by atoms with Crippen LogP contribution in [0.4, 0.5) is 0 Å². The minimum atomic E-state index is -3.02. The van der Waals surface area contributed by atoms with E-state index < -0.39 is 9.84 Å². The fourth-order valence-electron chi connectivity index (χ4n) is 3.49. The van der Waals surface area contributed by atoms with Crippen molar-refractivity contribution in [3.05, 3.63) is 54.1 Å². The average Bonchev–Trinajstić information content (AvgIpc) is 2.97. The Morgan fingerprint density at radius 1 is 1.19 bits per heavy atom. The molecule has 1 amide bonds. The Morgan fingerprint density at radius 3 is 2.62 bits per heavy atom. The number of amides is 1. The quantitative estimate of drug-likeness (QED) is 0.756. The molecule has 0 N–H and O–H groups in total. The van der Waals surface area contributed by atoms with Crippen molar-refractivity contribution in [3.8, 4) is 0 Å². The van der Waals surface area contributed by atoms with Crippen LogP contribution in [0.3, 0.4) is 0 Å². The van der Waals surface area contributed by atoms with Crippen molar-refractivity contribution < 1.29 is 13.2 Å². The van der Waals surface area contributed by atoms with Gasteiger partial charge in [0.05, 0.1) is 11.5 Å². The van der Waals surface area contributed by atoms with Gasteiger partial charge in [0.2, 0.25) is 5.91 Å². The van der Waals surface area contributed by atoms with Gasteiger partial charge in [0.25, 0.3) is 0 Å². The van der Waals surface area contributed by atoms with E-state index in [0.717, 1.165) is 16.3 Å². The molecule has 0 spiro atoms. The van der Waals surface area contributed by atoms with Crippen LogP contribution in [0.15, 0.2) is 48.5 Å². The third-order valence-corrected chi connectivity index (χ3v) is 6.47. The molecule has 1 saturated heterocycles. The molecule has 4 nitrogen and oxygen atoms in total. The van der Waals surface area contributed by atoms with E-state index in [1.807, 2.05) is 62.4 Å². The fraction of sp³-hybridized carbons (Fsp3) is 0.381. The maximum atomic E-state index is 12.8. The molecule has 138 valence electrons. The lowest BCUT2D eigenvalue weighted by atomic mass is 10.0. The molecule has 1 unspecified atom stereocenters. The van der Waals surface area contributed by atoms with Gasteiger partial charge < -0.3 is 4.90 Å². The summed E-state index contributed by atoms with van der Waals surface area (Å²) in [5.41, 5.74) is 0.986. The van der Waals surface area contributed by atoms with E-state index in [0.29, 0.717) is 13.0 Å². The highest BCUT2D eigenvalue weighted by Gasteiger charge is 2.34. The van der Waals surface area contributed by atoms with Crippen molar-refractivity contribution in [2.24, 2.45) is 5.92 Å². The first-order valence-corrected chi connectivity index (χ1v) is 10.8. The maximum absolute atomic E-state index is 12.8. The zero-order valence-electron chi connectivity index (χ0n) is 15.3. The minimum Gasteiger partial charge on any atom is -0.335 e. The van der Waals surface area contributed by atoms with Crippen LogP contribution in [0.2, 0.25) is 0 Å². The van der Waals surface area contributed by atoms with Crippen molar-refractivity contribution >= 4 is 32.6 Å². The van der Waals surface area contributed by atoms with Gasteiger partial charge in [-0.15, -0.1) is 0 Å². The van der Waals surface area contributed by atoms with E-state index in [1.54, 1.807) is 11.0 Å². The Kier molecular flexibility index (Phi) is 5.47. The summed E-state index contributed by atoms with van der Waals surface area (Å²) in [6, 6.07) is 13.8. The zero-order chi connectivity index (χ0) is 18.7. The first kappa shape index (κ1) is 18.6. The highest BCUT2D eigenvalue weighted by atomic mass is 32.2. The number of hydrogen-bond acceptors (Lipinski definition) is 3. The molecule has 0 aromatic heterocycles. The predicted octanol–water partition coefficient (Wildman–Crippen LogP) is 3.52. The average molecular weight is 372 g/mol. The molecule has 5 heteroatoms. The summed E-state index contributed by atoms with van der Waals surface area (Å²) < 4.78 is 23.6. The second-order valence-corrected chi connectivity index (χ2v) is 9.57. The van der Waals surface area contributed by atoms with Gasteiger partial charge in [-0.05, 0) is 34.8 Å². The molecule has 2 aromatic rings. The number of rotatable bonds is 5. The van der Waals surface area contributed by atoms with Gasteiger partial charge in [0, 0.05) is 18.7 Å². The smallest absolute Gasteiger partial charge is 0.246 e. The number of benzene rings is 2. The molecule has 1 heterocycles. The Morgan fingerprint density at radius 2 is 1.92 bits per heavy atom. The van der Waals surface area contributed by atoms with Crippen LogP contribution in [0.1, 0.15) is 25.8 Å². The molecular formula is C21H25NO3S. The van der Waals surface area contributed by atoms with Crippen molar-refractivity contribution in [3.63, 3.8) is 0 Å². The summed E-state index contributed by atoms with van der Waals surface area (Å²) in [6.45, 7) is 4.65. The van der Waals surface area contributed by atoms with Gasteiger partial charge in [-0.25, -0.2) is 8.42 Å². The number of carbonyl (C=O) groups excluding carboxylic acids is 1. The van der Waals surface area contributed by atoms with Crippen molar-refractivity contribution in [1.29, 1.82) is 0 Å². The summed E-state index contributed by atoms with van der Waals surface area (Å²) in [5.74, 6) is 0.419. The molecule has 1 aliphatic rings. The van der Waals surface area contributed by atoms with E-state index >= 15 is 0 Å². The summed E-state index contributed by atoms with van der Waals surface area (Å²) >= 11 is 0. The first-order chi connectivity index (χ1) is 12.4. The Bertz CT molecular complexity index is 926. The minimum absolute atomic E-state index is 0.0770. The molecule has 1 aliphatic heterocycles. The lowest BCUT2D eigenvalue weighted by Gasteiger charge is -2.28. The molecule has 1 atom stereocenters. The second kappa shape index (κ2) is 7.62. The molecule has 3 rings (SSSR count). The molecule has 0 bridgehead atoms. The Balaban J connectivity index is 1.84. The monoisotopic (exact) mass is 371 g/mol. The highest BCUT2D eigenvalue weighted by Crippen LogP contribution is 2.22. The topological polar surface area (TPSA) is 54.5 Å². The van der Waals surface area contributed by atoms with Gasteiger partial charge in [-0.2, -0.15) is 0 Å². The SMILES string of the molecule is CC(C)CN(C(=O)C=Cc1cccc2ccccc12)C1CCS(=O)(=O)C1. The number of sulfone groups is 1. The summed E-state index contributed by atoms with van der Waals surface area (Å²) in [4.78, 5) is 14.6. The van der Waals surface area contributed by atoms with E-state index in [9.17, 15) is 13.2 Å². The molecular weight excluding hydrogens is 346 g/mol. The number of nitrogens with zero attached hydrogens (tertiary/aromatic N) is 1. The van der Waals surface area contributed by atoms with Crippen molar-refractivity contribution in [2.75, 3.05) is 18.1 Å². The summed E-state index contributed by atoms with van der Waals surface area (Å²) in [6.07, 6.45) is 3.94. The van der Waals surface area contributed by atoms with Gasteiger partial charge in [-0.1, -0.05) is 56.3 Å². The Hall–Kier alpha value is -2.14. The van der Waals surface area contributed by atoms with Crippen LogP contribution in [-0.4, -0.2) is 43.3 Å². The normalized spacial score (nSPS) is 19.4. The standard InChI is InChI=1S/C21H25NO3S/c1-16(2)14-22(19-12-13-26(24,25)15-19)21(23)11-10-18-8-5-7-17-6-3-4-9-20(17)18/h3-11,16,19H,12-15H2,1-2H3. The van der Waals surface area contributed by atoms with Gasteiger partial charge in [0.15, 0.2) is 9.84 Å². The van der Waals surface area contributed by atoms with Gasteiger partial charge in [0.1, 0.15) is 0 Å². The highest BCUT2D eigenvalue weighted by molar-refractivity contribution is 7.91. The van der Waals surface area contributed by atoms with Gasteiger partial charge in [-0.3, -0.25) is 4.79 Å². The predicted molar refractivity (Wildman–Crippen MR) is 107 cm³/mol. The van der Waals surface area contributed by atoms with Gasteiger partial charge >= 0.3 is 0 Å². The van der Waals surface area contributed by atoms with E-state index in [4.69, 9.17) is 0 Å². The summed E-state index contributed by atoms with van der Waals surface area (Å²) in [5, 5.41) is 2.22. The fourth-order valence-corrected chi connectivity index (χ4v) is 5.22.